The smallest absolute Gasteiger partial charge is 0.243 e. The second kappa shape index (κ2) is 6.12. The van der Waals surface area contributed by atoms with Crippen LogP contribution >= 0.6 is 0 Å². The SMILES string of the molecule is CCONC(=O)CCC(C)N. The van der Waals surface area contributed by atoms with E-state index in [-0.39, 0.29) is 11.9 Å². The quantitative estimate of drug-likeness (QED) is 0.564. The summed E-state index contributed by atoms with van der Waals surface area (Å²) in [5.41, 5.74) is 7.74. The second-order valence-electron chi connectivity index (χ2n) is 2.47. The van der Waals surface area contributed by atoms with Gasteiger partial charge in [-0.3, -0.25) is 9.63 Å². The molecule has 0 aliphatic rings. The van der Waals surface area contributed by atoms with E-state index in [1.807, 2.05) is 13.8 Å². The fourth-order valence-electron chi connectivity index (χ4n) is 0.562. The molecule has 0 radical (unpaired) electrons. The minimum Gasteiger partial charge on any atom is -0.328 e. The lowest BCUT2D eigenvalue weighted by Crippen LogP contribution is -2.25. The van der Waals surface area contributed by atoms with Crippen LogP contribution in [0.15, 0.2) is 0 Å². The first-order valence-electron chi connectivity index (χ1n) is 3.83. The first kappa shape index (κ1) is 10.4. The highest BCUT2D eigenvalue weighted by molar-refractivity contribution is 5.74. The molecule has 0 fully saturated rings. The van der Waals surface area contributed by atoms with Gasteiger partial charge in [0.2, 0.25) is 5.91 Å². The van der Waals surface area contributed by atoms with Crippen LogP contribution < -0.4 is 11.2 Å². The lowest BCUT2D eigenvalue weighted by Gasteiger charge is -2.04. The Balaban J connectivity index is 3.23. The van der Waals surface area contributed by atoms with Crippen molar-refractivity contribution in [3.63, 3.8) is 0 Å². The molecule has 0 aromatic rings. The maximum Gasteiger partial charge on any atom is 0.243 e. The average molecular weight is 160 g/mol. The van der Waals surface area contributed by atoms with E-state index in [0.29, 0.717) is 19.4 Å². The van der Waals surface area contributed by atoms with Gasteiger partial charge in [-0.25, -0.2) is 5.48 Å². The number of nitrogens with two attached hydrogens (primary N) is 1. The number of amides is 1. The molecule has 0 saturated heterocycles. The van der Waals surface area contributed by atoms with Crippen LogP contribution in [0.5, 0.6) is 0 Å². The monoisotopic (exact) mass is 160 g/mol. The number of carbonyl (C=O) groups is 1. The highest BCUT2D eigenvalue weighted by Crippen LogP contribution is 1.92. The zero-order valence-electron chi connectivity index (χ0n) is 7.09. The highest BCUT2D eigenvalue weighted by atomic mass is 16.6. The molecule has 1 amide bonds. The van der Waals surface area contributed by atoms with Crippen LogP contribution in [0.2, 0.25) is 0 Å². The molecule has 1 unspecified atom stereocenters. The Morgan fingerprint density at radius 1 is 1.73 bits per heavy atom. The molecule has 0 heterocycles. The topological polar surface area (TPSA) is 64.3 Å². The molecule has 66 valence electrons. The molecule has 0 aliphatic carbocycles. The Hall–Kier alpha value is -0.610. The van der Waals surface area contributed by atoms with Crippen molar-refractivity contribution in [3.05, 3.63) is 0 Å². The lowest BCUT2D eigenvalue weighted by molar-refractivity contribution is -0.133. The Bertz CT molecular complexity index is 115. The molecule has 4 nitrogen and oxygen atoms in total. The fourth-order valence-corrected chi connectivity index (χ4v) is 0.562. The van der Waals surface area contributed by atoms with Crippen molar-refractivity contribution < 1.29 is 9.63 Å². The van der Waals surface area contributed by atoms with Crippen LogP contribution in [-0.2, 0) is 9.63 Å². The van der Waals surface area contributed by atoms with Gasteiger partial charge in [0, 0.05) is 12.5 Å². The molecule has 1 atom stereocenters. The summed E-state index contributed by atoms with van der Waals surface area (Å²) in [5.74, 6) is -0.107. The summed E-state index contributed by atoms with van der Waals surface area (Å²) in [5, 5.41) is 0. The normalized spacial score (nSPS) is 12.6. The van der Waals surface area contributed by atoms with Gasteiger partial charge in [0.25, 0.3) is 0 Å². The van der Waals surface area contributed by atoms with Crippen molar-refractivity contribution in [2.24, 2.45) is 5.73 Å². The van der Waals surface area contributed by atoms with Gasteiger partial charge >= 0.3 is 0 Å². The number of carbonyl (C=O) groups excluding carboxylic acids is 1. The Morgan fingerprint density at radius 2 is 2.36 bits per heavy atom. The standard InChI is InChI=1S/C7H16N2O2/c1-3-11-9-7(10)5-4-6(2)8/h6H,3-5,8H2,1-2H3,(H,9,10). The number of hydrogen-bond acceptors (Lipinski definition) is 3. The third kappa shape index (κ3) is 7.29. The fraction of sp³-hybridized carbons (Fsp3) is 0.857. The summed E-state index contributed by atoms with van der Waals surface area (Å²) in [6.07, 6.45) is 1.12. The molecule has 0 spiro atoms. The molecule has 0 aromatic carbocycles. The van der Waals surface area contributed by atoms with Crippen molar-refractivity contribution in [3.8, 4) is 0 Å². The first-order valence-corrected chi connectivity index (χ1v) is 3.83. The number of hydroxylamine groups is 1. The van der Waals surface area contributed by atoms with Gasteiger partial charge in [0.05, 0.1) is 6.61 Å². The third-order valence-corrected chi connectivity index (χ3v) is 1.16. The van der Waals surface area contributed by atoms with Crippen LogP contribution in [-0.4, -0.2) is 18.6 Å². The van der Waals surface area contributed by atoms with Gasteiger partial charge in [0.1, 0.15) is 0 Å². The van der Waals surface area contributed by atoms with E-state index in [4.69, 9.17) is 5.73 Å². The van der Waals surface area contributed by atoms with Crippen molar-refractivity contribution in [1.82, 2.24) is 5.48 Å². The second-order valence-corrected chi connectivity index (χ2v) is 2.47. The van der Waals surface area contributed by atoms with Crippen LogP contribution in [0.3, 0.4) is 0 Å². The van der Waals surface area contributed by atoms with Gasteiger partial charge in [-0.05, 0) is 20.3 Å². The van der Waals surface area contributed by atoms with E-state index in [9.17, 15) is 4.79 Å². The summed E-state index contributed by atoms with van der Waals surface area (Å²) in [6, 6.07) is 0.0716. The summed E-state index contributed by atoms with van der Waals surface area (Å²) in [4.78, 5) is 15.5. The Kier molecular flexibility index (Phi) is 5.78. The van der Waals surface area contributed by atoms with Crippen LogP contribution in [0.1, 0.15) is 26.7 Å². The molecular formula is C7H16N2O2. The van der Waals surface area contributed by atoms with Gasteiger partial charge in [-0.1, -0.05) is 0 Å². The first-order chi connectivity index (χ1) is 5.16. The van der Waals surface area contributed by atoms with Crippen molar-refractivity contribution >= 4 is 5.91 Å². The summed E-state index contributed by atoms with van der Waals surface area (Å²) >= 11 is 0. The third-order valence-electron chi connectivity index (χ3n) is 1.16. The number of rotatable bonds is 5. The van der Waals surface area contributed by atoms with E-state index in [0.717, 1.165) is 0 Å². The molecule has 0 bridgehead atoms. The molecule has 0 aliphatic heterocycles. The Morgan fingerprint density at radius 3 is 2.82 bits per heavy atom. The van der Waals surface area contributed by atoms with Crippen LogP contribution in [0.4, 0.5) is 0 Å². The van der Waals surface area contributed by atoms with E-state index in [2.05, 4.69) is 10.3 Å². The molecule has 0 aromatic heterocycles. The van der Waals surface area contributed by atoms with Gasteiger partial charge in [-0.15, -0.1) is 0 Å². The zero-order chi connectivity index (χ0) is 8.69. The molecule has 4 heteroatoms. The van der Waals surface area contributed by atoms with E-state index in [1.165, 1.54) is 0 Å². The average Bonchev–Trinajstić information content (AvgIpc) is 1.97. The Labute approximate surface area is 67.0 Å². The highest BCUT2D eigenvalue weighted by Gasteiger charge is 2.01. The predicted molar refractivity (Wildman–Crippen MR) is 42.7 cm³/mol. The maximum atomic E-state index is 10.8. The minimum absolute atomic E-state index is 0.0716. The maximum absolute atomic E-state index is 10.8. The summed E-state index contributed by atoms with van der Waals surface area (Å²) in [6.45, 7) is 4.17. The molecule has 0 saturated carbocycles. The lowest BCUT2D eigenvalue weighted by atomic mass is 10.2. The van der Waals surface area contributed by atoms with E-state index < -0.39 is 0 Å². The molecular weight excluding hydrogens is 144 g/mol. The van der Waals surface area contributed by atoms with Crippen LogP contribution in [0, 0.1) is 0 Å². The molecule has 11 heavy (non-hydrogen) atoms. The number of hydrogen-bond donors (Lipinski definition) is 2. The van der Waals surface area contributed by atoms with Gasteiger partial charge < -0.3 is 5.73 Å². The van der Waals surface area contributed by atoms with Crippen molar-refractivity contribution in [2.45, 2.75) is 32.7 Å². The van der Waals surface area contributed by atoms with Crippen LogP contribution in [0.25, 0.3) is 0 Å². The minimum atomic E-state index is -0.107. The van der Waals surface area contributed by atoms with Crippen molar-refractivity contribution in [2.75, 3.05) is 6.61 Å². The molecule has 0 rings (SSSR count). The molecule has 3 N–H and O–H groups in total. The van der Waals surface area contributed by atoms with E-state index >= 15 is 0 Å². The summed E-state index contributed by atoms with van der Waals surface area (Å²) < 4.78 is 0. The zero-order valence-corrected chi connectivity index (χ0v) is 7.09. The number of nitrogens with one attached hydrogen (secondary N) is 1. The predicted octanol–water partition coefficient (Wildman–Crippen LogP) is 0.181. The summed E-state index contributed by atoms with van der Waals surface area (Å²) in [7, 11) is 0. The van der Waals surface area contributed by atoms with E-state index in [1.54, 1.807) is 0 Å². The van der Waals surface area contributed by atoms with Gasteiger partial charge in [-0.2, -0.15) is 0 Å². The van der Waals surface area contributed by atoms with Crippen molar-refractivity contribution in [1.29, 1.82) is 0 Å². The largest absolute Gasteiger partial charge is 0.328 e. The van der Waals surface area contributed by atoms with Gasteiger partial charge in [0.15, 0.2) is 0 Å².